The quantitative estimate of drug-likeness (QED) is 0.817. The van der Waals surface area contributed by atoms with Crippen LogP contribution in [0.1, 0.15) is 24.5 Å². The van der Waals surface area contributed by atoms with Gasteiger partial charge in [0.25, 0.3) is 0 Å². The molecule has 0 aromatic heterocycles. The summed E-state index contributed by atoms with van der Waals surface area (Å²) in [6.45, 7) is 0.992. The molecule has 3 unspecified atom stereocenters. The fourth-order valence-corrected chi connectivity index (χ4v) is 4.85. The van der Waals surface area contributed by atoms with Gasteiger partial charge in [-0.1, -0.05) is 18.2 Å². The van der Waals surface area contributed by atoms with Crippen LogP contribution in [-0.4, -0.2) is 56.4 Å². The average Bonchev–Trinajstić information content (AvgIpc) is 3.10. The van der Waals surface area contributed by atoms with E-state index in [2.05, 4.69) is 0 Å². The first-order chi connectivity index (χ1) is 11.8. The Morgan fingerprint density at radius 1 is 1.24 bits per heavy atom. The van der Waals surface area contributed by atoms with Gasteiger partial charge in [0, 0.05) is 18.7 Å². The Morgan fingerprint density at radius 3 is 2.36 bits per heavy atom. The third kappa shape index (κ3) is 3.80. The molecule has 0 bridgehead atoms. The lowest BCUT2D eigenvalue weighted by Crippen LogP contribution is -2.30. The van der Waals surface area contributed by atoms with E-state index in [9.17, 15) is 18.3 Å². The Hall–Kier alpha value is -1.64. The molecule has 1 aromatic carbocycles. The number of hydrogen-bond donors (Lipinski definition) is 1. The van der Waals surface area contributed by atoms with Crippen molar-refractivity contribution in [2.24, 2.45) is 11.8 Å². The highest BCUT2D eigenvalue weighted by Crippen LogP contribution is 2.42. The van der Waals surface area contributed by atoms with Crippen molar-refractivity contribution < 1.29 is 27.8 Å². The number of methoxy groups -OCH3 is 1. The molecule has 7 nitrogen and oxygen atoms in total. The van der Waals surface area contributed by atoms with Crippen LogP contribution < -0.4 is 4.74 Å². The summed E-state index contributed by atoms with van der Waals surface area (Å²) in [7, 11) is -1.67. The minimum absolute atomic E-state index is 0.192. The number of sulfonamides is 1. The van der Waals surface area contributed by atoms with Gasteiger partial charge in [-0.2, -0.15) is 0 Å². The molecule has 2 fully saturated rings. The van der Waals surface area contributed by atoms with Crippen molar-refractivity contribution in [3.63, 3.8) is 0 Å². The van der Waals surface area contributed by atoms with Crippen molar-refractivity contribution in [2.75, 3.05) is 26.5 Å². The Bertz CT molecular complexity index is 735. The fraction of sp³-hybridized carbons (Fsp3) is 0.588. The molecular weight excluding hydrogens is 346 g/mol. The standard InChI is InChI=1S/C17H23NO6S/c1-23-15-6-4-3-5-14(15)16(17(19)20)24-13-7-11-9-18(25(2,21)22)10-12(11)8-13/h3-6,11-13,16H,7-10H2,1-2H3,(H,19,20). The molecule has 138 valence electrons. The molecule has 3 rings (SSSR count). The third-order valence-electron chi connectivity index (χ3n) is 5.12. The lowest BCUT2D eigenvalue weighted by Gasteiger charge is -2.22. The van der Waals surface area contributed by atoms with Crippen LogP contribution in [0.15, 0.2) is 24.3 Å². The molecule has 2 aliphatic rings. The zero-order valence-corrected chi connectivity index (χ0v) is 15.1. The number of hydrogen-bond acceptors (Lipinski definition) is 5. The summed E-state index contributed by atoms with van der Waals surface area (Å²) >= 11 is 0. The van der Waals surface area contributed by atoms with Crippen LogP contribution in [0.25, 0.3) is 0 Å². The maximum Gasteiger partial charge on any atom is 0.337 e. The minimum Gasteiger partial charge on any atom is -0.496 e. The Labute approximate surface area is 147 Å². The van der Waals surface area contributed by atoms with Crippen LogP contribution in [-0.2, 0) is 19.6 Å². The number of benzene rings is 1. The second-order valence-electron chi connectivity index (χ2n) is 6.79. The van der Waals surface area contributed by atoms with Crippen molar-refractivity contribution in [1.29, 1.82) is 0 Å². The predicted molar refractivity (Wildman–Crippen MR) is 90.9 cm³/mol. The maximum absolute atomic E-state index is 11.7. The minimum atomic E-state index is -3.17. The number of aliphatic carboxylic acids is 1. The van der Waals surface area contributed by atoms with Gasteiger partial charge in [-0.3, -0.25) is 0 Å². The molecule has 1 aromatic rings. The Kier molecular flexibility index (Phi) is 5.04. The van der Waals surface area contributed by atoms with E-state index in [4.69, 9.17) is 9.47 Å². The smallest absolute Gasteiger partial charge is 0.337 e. The average molecular weight is 369 g/mol. The second-order valence-corrected chi connectivity index (χ2v) is 8.77. The Morgan fingerprint density at radius 2 is 1.84 bits per heavy atom. The number of para-hydroxylation sites is 1. The van der Waals surface area contributed by atoms with Gasteiger partial charge < -0.3 is 14.6 Å². The molecule has 3 atom stereocenters. The van der Waals surface area contributed by atoms with Crippen LogP contribution >= 0.6 is 0 Å². The number of nitrogens with zero attached hydrogens (tertiary/aromatic N) is 1. The summed E-state index contributed by atoms with van der Waals surface area (Å²) in [5.41, 5.74) is 0.493. The summed E-state index contributed by atoms with van der Waals surface area (Å²) in [4.78, 5) is 11.7. The summed E-state index contributed by atoms with van der Waals surface area (Å²) in [5, 5.41) is 9.59. The third-order valence-corrected chi connectivity index (χ3v) is 6.35. The number of ether oxygens (including phenoxy) is 2. The zero-order valence-electron chi connectivity index (χ0n) is 14.3. The number of carboxylic acid groups (broad SMARTS) is 1. The topological polar surface area (TPSA) is 93.1 Å². The molecular formula is C17H23NO6S. The number of carboxylic acids is 1. The molecule has 25 heavy (non-hydrogen) atoms. The van der Waals surface area contributed by atoms with E-state index in [0.29, 0.717) is 37.2 Å². The van der Waals surface area contributed by atoms with E-state index in [-0.39, 0.29) is 17.9 Å². The largest absolute Gasteiger partial charge is 0.496 e. The monoisotopic (exact) mass is 369 g/mol. The molecule has 1 aliphatic heterocycles. The molecule has 0 spiro atoms. The SMILES string of the molecule is COc1ccccc1C(OC1CC2CN(S(C)(=O)=O)CC2C1)C(=O)O. The molecule has 0 radical (unpaired) electrons. The Balaban J connectivity index is 1.69. The van der Waals surface area contributed by atoms with Gasteiger partial charge in [0.05, 0.1) is 19.5 Å². The predicted octanol–water partition coefficient (Wildman–Crippen LogP) is 1.51. The van der Waals surface area contributed by atoms with Gasteiger partial charge in [0.1, 0.15) is 5.75 Å². The van der Waals surface area contributed by atoms with E-state index < -0.39 is 22.1 Å². The van der Waals surface area contributed by atoms with Gasteiger partial charge in [-0.15, -0.1) is 0 Å². The van der Waals surface area contributed by atoms with Crippen molar-refractivity contribution in [2.45, 2.75) is 25.0 Å². The van der Waals surface area contributed by atoms with E-state index in [1.807, 2.05) is 0 Å². The highest BCUT2D eigenvalue weighted by molar-refractivity contribution is 7.88. The summed E-state index contributed by atoms with van der Waals surface area (Å²) in [6, 6.07) is 6.94. The van der Waals surface area contributed by atoms with Gasteiger partial charge >= 0.3 is 5.97 Å². The van der Waals surface area contributed by atoms with Crippen LogP contribution in [0.4, 0.5) is 0 Å². The molecule has 1 N–H and O–H groups in total. The first kappa shape index (κ1) is 18.2. The van der Waals surface area contributed by atoms with E-state index in [1.165, 1.54) is 17.7 Å². The van der Waals surface area contributed by atoms with Crippen LogP contribution in [0.5, 0.6) is 5.75 Å². The van der Waals surface area contributed by atoms with Crippen LogP contribution in [0.3, 0.4) is 0 Å². The van der Waals surface area contributed by atoms with Gasteiger partial charge in [-0.05, 0) is 30.7 Å². The van der Waals surface area contributed by atoms with E-state index >= 15 is 0 Å². The van der Waals surface area contributed by atoms with Crippen molar-refractivity contribution >= 4 is 16.0 Å². The highest BCUT2D eigenvalue weighted by Gasteiger charge is 2.45. The second kappa shape index (κ2) is 6.93. The van der Waals surface area contributed by atoms with Crippen LogP contribution in [0, 0.1) is 11.8 Å². The van der Waals surface area contributed by atoms with Gasteiger partial charge in [0.15, 0.2) is 6.10 Å². The molecule has 1 aliphatic carbocycles. The van der Waals surface area contributed by atoms with Crippen molar-refractivity contribution in [1.82, 2.24) is 4.31 Å². The molecule has 0 amide bonds. The lowest BCUT2D eigenvalue weighted by molar-refractivity contribution is -0.155. The van der Waals surface area contributed by atoms with Crippen LogP contribution in [0.2, 0.25) is 0 Å². The number of rotatable bonds is 6. The molecule has 1 saturated heterocycles. The summed E-state index contributed by atoms with van der Waals surface area (Å²) in [5.74, 6) is -0.116. The van der Waals surface area contributed by atoms with Crippen molar-refractivity contribution in [3.05, 3.63) is 29.8 Å². The maximum atomic E-state index is 11.7. The fourth-order valence-electron chi connectivity index (χ4n) is 3.92. The van der Waals surface area contributed by atoms with E-state index in [0.717, 1.165) is 0 Å². The van der Waals surface area contributed by atoms with E-state index in [1.54, 1.807) is 24.3 Å². The molecule has 8 heteroatoms. The normalized spacial score (nSPS) is 27.8. The number of carbonyl (C=O) groups is 1. The highest BCUT2D eigenvalue weighted by atomic mass is 32.2. The summed E-state index contributed by atoms with van der Waals surface area (Å²) in [6.07, 6.45) is 1.30. The van der Waals surface area contributed by atoms with Crippen molar-refractivity contribution in [3.8, 4) is 5.75 Å². The zero-order chi connectivity index (χ0) is 18.2. The number of fused-ring (bicyclic) bond motifs is 1. The molecule has 1 heterocycles. The lowest BCUT2D eigenvalue weighted by atomic mass is 10.0. The molecule has 1 saturated carbocycles. The first-order valence-electron chi connectivity index (χ1n) is 8.26. The first-order valence-corrected chi connectivity index (χ1v) is 10.1. The van der Waals surface area contributed by atoms with Gasteiger partial charge in [-0.25, -0.2) is 17.5 Å². The van der Waals surface area contributed by atoms with Gasteiger partial charge in [0.2, 0.25) is 10.0 Å². The summed E-state index contributed by atoms with van der Waals surface area (Å²) < 4.78 is 36.0.